The summed E-state index contributed by atoms with van der Waals surface area (Å²) in [6.45, 7) is 2.15. The van der Waals surface area contributed by atoms with Crippen LogP contribution in [-0.2, 0) is 16.1 Å². The number of hydrogen-bond acceptors (Lipinski definition) is 4. The van der Waals surface area contributed by atoms with Gasteiger partial charge in [0.1, 0.15) is 12.4 Å². The van der Waals surface area contributed by atoms with Gasteiger partial charge in [-0.05, 0) is 37.0 Å². The van der Waals surface area contributed by atoms with Gasteiger partial charge < -0.3 is 19.9 Å². The summed E-state index contributed by atoms with van der Waals surface area (Å²) in [6, 6.07) is 17.6. The molecule has 2 heterocycles. The highest BCUT2D eigenvalue weighted by Gasteiger charge is 2.25. The first-order valence-electron chi connectivity index (χ1n) is 10.9. The summed E-state index contributed by atoms with van der Waals surface area (Å²) in [5.41, 5.74) is 3.00. The van der Waals surface area contributed by atoms with Gasteiger partial charge in [0.05, 0.1) is 11.0 Å². The van der Waals surface area contributed by atoms with Gasteiger partial charge in [-0.3, -0.25) is 4.79 Å². The number of nitrogens with zero attached hydrogens (tertiary/aromatic N) is 2. The number of benzene rings is 2. The third-order valence-corrected chi connectivity index (χ3v) is 5.69. The number of fused-ring (bicyclic) bond motifs is 1. The number of nitrogens with one attached hydrogen (secondary N) is 2. The van der Waals surface area contributed by atoms with Gasteiger partial charge in [-0.15, -0.1) is 0 Å². The number of alkyl carbamates (subject to hydrolysis) is 1. The van der Waals surface area contributed by atoms with Gasteiger partial charge in [-0.25, -0.2) is 9.78 Å². The van der Waals surface area contributed by atoms with Crippen LogP contribution >= 0.6 is 0 Å². The van der Waals surface area contributed by atoms with Crippen molar-refractivity contribution in [2.24, 2.45) is 0 Å². The second-order valence-electron chi connectivity index (χ2n) is 7.89. The van der Waals surface area contributed by atoms with Gasteiger partial charge >= 0.3 is 6.09 Å². The maximum Gasteiger partial charge on any atom is 0.407 e. The molecular weight excluding hydrogens is 392 g/mol. The Morgan fingerprint density at radius 3 is 2.58 bits per heavy atom. The van der Waals surface area contributed by atoms with Gasteiger partial charge in [-0.2, -0.15) is 0 Å². The molecule has 0 radical (unpaired) electrons. The van der Waals surface area contributed by atoms with Crippen molar-refractivity contribution in [3.63, 3.8) is 0 Å². The third-order valence-electron chi connectivity index (χ3n) is 5.69. The Labute approximate surface area is 181 Å². The number of hydrogen-bond donors (Lipinski definition) is 2. The molecule has 1 fully saturated rings. The third kappa shape index (κ3) is 5.63. The van der Waals surface area contributed by atoms with E-state index in [1.54, 1.807) is 0 Å². The Hall–Kier alpha value is -3.35. The molecule has 0 saturated carbocycles. The van der Waals surface area contributed by atoms with Crippen LogP contribution in [0.25, 0.3) is 11.0 Å². The Morgan fingerprint density at radius 2 is 1.81 bits per heavy atom. The number of imidazole rings is 1. The molecule has 7 heteroatoms. The zero-order valence-electron chi connectivity index (χ0n) is 17.5. The van der Waals surface area contributed by atoms with E-state index in [2.05, 4.69) is 10.3 Å². The number of para-hydroxylation sites is 2. The number of piperidine rings is 1. The highest BCUT2D eigenvalue weighted by Crippen LogP contribution is 2.28. The zero-order valence-corrected chi connectivity index (χ0v) is 17.5. The van der Waals surface area contributed by atoms with Crippen LogP contribution in [0.15, 0.2) is 54.6 Å². The lowest BCUT2D eigenvalue weighted by Crippen LogP contribution is -2.38. The molecule has 0 bridgehead atoms. The minimum absolute atomic E-state index is 0.141. The predicted molar refractivity (Wildman–Crippen MR) is 119 cm³/mol. The molecule has 31 heavy (non-hydrogen) atoms. The molecule has 1 aliphatic heterocycles. The monoisotopic (exact) mass is 420 g/mol. The lowest BCUT2D eigenvalue weighted by Gasteiger charge is -2.31. The second kappa shape index (κ2) is 10.1. The summed E-state index contributed by atoms with van der Waals surface area (Å²) >= 11 is 0. The highest BCUT2D eigenvalue weighted by molar-refractivity contribution is 5.76. The normalized spacial score (nSPS) is 14.5. The summed E-state index contributed by atoms with van der Waals surface area (Å²) in [7, 11) is 0. The van der Waals surface area contributed by atoms with Crippen LogP contribution in [0.3, 0.4) is 0 Å². The summed E-state index contributed by atoms with van der Waals surface area (Å²) < 4.78 is 5.17. The number of ether oxygens (including phenoxy) is 1. The number of H-pyrrole nitrogens is 1. The van der Waals surface area contributed by atoms with Gasteiger partial charge in [0, 0.05) is 32.0 Å². The van der Waals surface area contributed by atoms with Gasteiger partial charge in [0.2, 0.25) is 5.91 Å². The zero-order chi connectivity index (χ0) is 21.5. The number of likely N-dealkylation sites (tertiary alicyclic amines) is 1. The van der Waals surface area contributed by atoms with E-state index >= 15 is 0 Å². The molecule has 4 rings (SSSR count). The van der Waals surface area contributed by atoms with E-state index in [1.807, 2.05) is 59.5 Å². The van der Waals surface area contributed by atoms with Crippen molar-refractivity contribution in [2.75, 3.05) is 19.6 Å². The van der Waals surface area contributed by atoms with Crippen LogP contribution < -0.4 is 5.32 Å². The number of rotatable bonds is 7. The standard InChI is InChI=1S/C24H28N4O3/c29-22(11-6-14-25-24(30)31-17-18-7-2-1-3-8-18)28-15-12-19(13-16-28)23-26-20-9-4-5-10-21(20)27-23/h1-5,7-10,19H,6,11-17H2,(H,25,30)(H,26,27). The van der Waals surface area contributed by atoms with E-state index < -0.39 is 6.09 Å². The Balaban J connectivity index is 1.13. The molecule has 7 nitrogen and oxygen atoms in total. The molecule has 1 aliphatic rings. The topological polar surface area (TPSA) is 87.3 Å². The van der Waals surface area contributed by atoms with E-state index in [-0.39, 0.29) is 12.5 Å². The van der Waals surface area contributed by atoms with Crippen LogP contribution in [0.1, 0.15) is 43.0 Å². The fourth-order valence-electron chi connectivity index (χ4n) is 3.93. The van der Waals surface area contributed by atoms with Crippen LogP contribution in [0, 0.1) is 0 Å². The Bertz CT molecular complexity index is 977. The quantitative estimate of drug-likeness (QED) is 0.566. The van der Waals surface area contributed by atoms with Crippen LogP contribution in [0.2, 0.25) is 0 Å². The average Bonchev–Trinajstić information content (AvgIpc) is 3.25. The maximum atomic E-state index is 12.5. The van der Waals surface area contributed by atoms with Crippen molar-refractivity contribution in [3.8, 4) is 0 Å². The summed E-state index contributed by atoms with van der Waals surface area (Å²) in [4.78, 5) is 34.3. The number of aromatic nitrogens is 2. The SMILES string of the molecule is O=C(NCCCC(=O)N1CCC(c2nc3ccccc3[nH]2)CC1)OCc1ccccc1. The average molecular weight is 421 g/mol. The number of carbonyl (C=O) groups excluding carboxylic acids is 2. The highest BCUT2D eigenvalue weighted by atomic mass is 16.5. The molecule has 1 aromatic heterocycles. The fraction of sp³-hybridized carbons (Fsp3) is 0.375. The molecule has 1 saturated heterocycles. The lowest BCUT2D eigenvalue weighted by atomic mass is 9.96. The largest absolute Gasteiger partial charge is 0.445 e. The lowest BCUT2D eigenvalue weighted by molar-refractivity contribution is -0.132. The molecule has 0 spiro atoms. The van der Waals surface area contributed by atoms with Gasteiger partial charge in [0.25, 0.3) is 0 Å². The minimum Gasteiger partial charge on any atom is -0.445 e. The van der Waals surface area contributed by atoms with Crippen molar-refractivity contribution < 1.29 is 14.3 Å². The van der Waals surface area contributed by atoms with Crippen LogP contribution in [0.5, 0.6) is 0 Å². The Morgan fingerprint density at radius 1 is 1.06 bits per heavy atom. The first kappa shape index (κ1) is 20.9. The molecule has 162 valence electrons. The second-order valence-corrected chi connectivity index (χ2v) is 7.89. The van der Waals surface area contributed by atoms with E-state index in [4.69, 9.17) is 9.72 Å². The Kier molecular flexibility index (Phi) is 6.82. The summed E-state index contributed by atoms with van der Waals surface area (Å²) in [5.74, 6) is 1.52. The smallest absolute Gasteiger partial charge is 0.407 e. The number of aromatic amines is 1. The van der Waals surface area contributed by atoms with E-state index in [9.17, 15) is 9.59 Å². The molecule has 0 unspecified atom stereocenters. The van der Waals surface area contributed by atoms with Crippen molar-refractivity contribution in [3.05, 3.63) is 66.0 Å². The van der Waals surface area contributed by atoms with E-state index in [0.29, 0.717) is 25.3 Å². The summed E-state index contributed by atoms with van der Waals surface area (Å²) in [6.07, 6.45) is 2.39. The predicted octanol–water partition coefficient (Wildman–Crippen LogP) is 3.98. The molecule has 0 atom stereocenters. The van der Waals surface area contributed by atoms with Crippen molar-refractivity contribution in [2.45, 2.75) is 38.2 Å². The van der Waals surface area contributed by atoms with Crippen LogP contribution in [0.4, 0.5) is 4.79 Å². The van der Waals surface area contributed by atoms with Gasteiger partial charge in [-0.1, -0.05) is 42.5 Å². The fourth-order valence-corrected chi connectivity index (χ4v) is 3.93. The van der Waals surface area contributed by atoms with E-state index in [0.717, 1.165) is 48.4 Å². The molecule has 0 aliphatic carbocycles. The summed E-state index contributed by atoms with van der Waals surface area (Å²) in [5, 5.41) is 2.71. The first-order chi connectivity index (χ1) is 15.2. The number of carbonyl (C=O) groups is 2. The number of amides is 2. The van der Waals surface area contributed by atoms with Crippen molar-refractivity contribution in [1.29, 1.82) is 0 Å². The molecule has 2 aromatic carbocycles. The molecule has 2 amide bonds. The molecular formula is C24H28N4O3. The van der Waals surface area contributed by atoms with Gasteiger partial charge in [0.15, 0.2) is 0 Å². The minimum atomic E-state index is -0.456. The van der Waals surface area contributed by atoms with Crippen LogP contribution in [-0.4, -0.2) is 46.5 Å². The first-order valence-corrected chi connectivity index (χ1v) is 10.9. The maximum absolute atomic E-state index is 12.5. The van der Waals surface area contributed by atoms with Crippen molar-refractivity contribution in [1.82, 2.24) is 20.2 Å². The molecule has 3 aromatic rings. The van der Waals surface area contributed by atoms with E-state index in [1.165, 1.54) is 0 Å². The van der Waals surface area contributed by atoms with Crippen molar-refractivity contribution >= 4 is 23.0 Å². The molecule has 2 N–H and O–H groups in total.